The third-order valence-electron chi connectivity index (χ3n) is 3.61. The molecule has 1 aromatic carbocycles. The lowest BCUT2D eigenvalue weighted by Crippen LogP contribution is -2.16. The number of hydrogen-bond donors (Lipinski definition) is 4. The van der Waals surface area contributed by atoms with Crippen molar-refractivity contribution in [3.8, 4) is 11.3 Å². The Balaban J connectivity index is 1.82. The first-order valence-electron chi connectivity index (χ1n) is 8.47. The summed E-state index contributed by atoms with van der Waals surface area (Å²) in [5, 5.41) is 3.18. The van der Waals surface area contributed by atoms with Crippen LogP contribution in [0.15, 0.2) is 59.8 Å². The Morgan fingerprint density at radius 2 is 1.64 bits per heavy atom. The molecule has 3 aromatic rings. The van der Waals surface area contributed by atoms with Crippen LogP contribution in [0.1, 0.15) is 13.8 Å². The van der Waals surface area contributed by atoms with Gasteiger partial charge in [-0.2, -0.15) is 13.4 Å². The van der Waals surface area contributed by atoms with E-state index in [0.717, 1.165) is 5.56 Å². The van der Waals surface area contributed by atoms with Crippen LogP contribution in [0, 0.1) is 0 Å². The number of nitrogens with one attached hydrogen (secondary N) is 3. The molecule has 10 heteroatoms. The molecule has 0 fully saturated rings. The second kappa shape index (κ2) is 8.19. The molecule has 0 spiro atoms. The number of benzene rings is 1. The lowest BCUT2D eigenvalue weighted by Gasteiger charge is -2.14. The van der Waals surface area contributed by atoms with Crippen LogP contribution < -0.4 is 16.2 Å². The van der Waals surface area contributed by atoms with Crippen LogP contribution in [0.25, 0.3) is 11.3 Å². The van der Waals surface area contributed by atoms with Crippen molar-refractivity contribution in [2.24, 2.45) is 0 Å². The molecule has 2 heterocycles. The van der Waals surface area contributed by atoms with Crippen LogP contribution >= 0.6 is 0 Å². The third kappa shape index (κ3) is 5.15. The molecule has 2 aromatic heterocycles. The van der Waals surface area contributed by atoms with Gasteiger partial charge in [-0.25, -0.2) is 4.98 Å². The highest BCUT2D eigenvalue weighted by Crippen LogP contribution is 2.21. The van der Waals surface area contributed by atoms with Gasteiger partial charge in [-0.3, -0.25) is 20.4 Å². The topological polar surface area (TPSA) is 129 Å². The van der Waals surface area contributed by atoms with Gasteiger partial charge in [0.2, 0.25) is 5.95 Å². The SMILES string of the molecule is CC(C)Nc1nc(NNc2ccc(S(=O)(=O)O)cc2)cc(-c2ccncc2)n1. The molecule has 0 aliphatic carbocycles. The number of aromatic nitrogens is 3. The summed E-state index contributed by atoms with van der Waals surface area (Å²) < 4.78 is 31.3. The van der Waals surface area contributed by atoms with E-state index in [4.69, 9.17) is 4.55 Å². The highest BCUT2D eigenvalue weighted by Gasteiger charge is 2.10. The smallest absolute Gasteiger partial charge is 0.294 e. The maximum Gasteiger partial charge on any atom is 0.294 e. The molecule has 4 N–H and O–H groups in total. The average molecular weight is 400 g/mol. The van der Waals surface area contributed by atoms with Crippen molar-refractivity contribution in [2.45, 2.75) is 24.8 Å². The molecule has 146 valence electrons. The first-order valence-corrected chi connectivity index (χ1v) is 9.91. The number of hydrazine groups is 1. The fourth-order valence-electron chi connectivity index (χ4n) is 2.35. The van der Waals surface area contributed by atoms with E-state index in [1.165, 1.54) is 24.3 Å². The second-order valence-corrected chi connectivity index (χ2v) is 7.67. The minimum atomic E-state index is -4.22. The third-order valence-corrected chi connectivity index (χ3v) is 4.47. The lowest BCUT2D eigenvalue weighted by atomic mass is 10.2. The molecule has 28 heavy (non-hydrogen) atoms. The van der Waals surface area contributed by atoms with Crippen molar-refractivity contribution in [1.29, 1.82) is 0 Å². The summed E-state index contributed by atoms with van der Waals surface area (Å²) in [5.74, 6) is 0.985. The number of hydrogen-bond acceptors (Lipinski definition) is 8. The van der Waals surface area contributed by atoms with Crippen molar-refractivity contribution >= 4 is 27.6 Å². The molecule has 0 radical (unpaired) electrons. The molecule has 0 atom stereocenters. The maximum absolute atomic E-state index is 11.1. The van der Waals surface area contributed by atoms with E-state index in [-0.39, 0.29) is 10.9 Å². The zero-order valence-corrected chi connectivity index (χ0v) is 16.1. The van der Waals surface area contributed by atoms with E-state index in [1.54, 1.807) is 18.5 Å². The molecular formula is C18H20N6O3S. The number of pyridine rings is 1. The average Bonchev–Trinajstić information content (AvgIpc) is 2.66. The normalized spacial score (nSPS) is 11.3. The van der Waals surface area contributed by atoms with Crippen molar-refractivity contribution in [3.05, 3.63) is 54.9 Å². The summed E-state index contributed by atoms with van der Waals surface area (Å²) >= 11 is 0. The Hall–Kier alpha value is -3.24. The van der Waals surface area contributed by atoms with E-state index in [1.807, 2.05) is 26.0 Å². The molecule has 0 saturated carbocycles. The predicted octanol–water partition coefficient (Wildman–Crippen LogP) is 3.04. The van der Waals surface area contributed by atoms with Gasteiger partial charge in [0.05, 0.1) is 16.3 Å². The molecule has 0 amide bonds. The summed E-state index contributed by atoms with van der Waals surface area (Å²) in [6.07, 6.45) is 3.38. The highest BCUT2D eigenvalue weighted by atomic mass is 32.2. The fraction of sp³-hybridized carbons (Fsp3) is 0.167. The molecular weight excluding hydrogens is 380 g/mol. The maximum atomic E-state index is 11.1. The largest absolute Gasteiger partial charge is 0.352 e. The van der Waals surface area contributed by atoms with Gasteiger partial charge >= 0.3 is 0 Å². The minimum absolute atomic E-state index is 0.154. The molecule has 9 nitrogen and oxygen atoms in total. The standard InChI is InChI=1S/C18H20N6O3S/c1-12(2)20-18-21-16(13-7-9-19-10-8-13)11-17(22-18)24-23-14-3-5-15(6-4-14)28(25,26)27/h3-12,23H,1-2H3,(H,25,26,27)(H2,20,21,22,24). The number of rotatable bonds is 7. The number of anilines is 3. The van der Waals surface area contributed by atoms with E-state index in [0.29, 0.717) is 23.1 Å². The van der Waals surface area contributed by atoms with Crippen LogP contribution in [0.3, 0.4) is 0 Å². The Labute approximate surface area is 163 Å². The minimum Gasteiger partial charge on any atom is -0.352 e. The van der Waals surface area contributed by atoms with E-state index in [9.17, 15) is 8.42 Å². The summed E-state index contributed by atoms with van der Waals surface area (Å²) in [4.78, 5) is 12.8. The summed E-state index contributed by atoms with van der Waals surface area (Å²) in [7, 11) is -4.22. The Morgan fingerprint density at radius 3 is 2.25 bits per heavy atom. The van der Waals surface area contributed by atoms with Crippen LogP contribution in [0.2, 0.25) is 0 Å². The van der Waals surface area contributed by atoms with Crippen LogP contribution in [0.4, 0.5) is 17.5 Å². The Morgan fingerprint density at radius 1 is 0.964 bits per heavy atom. The summed E-state index contributed by atoms with van der Waals surface area (Å²) in [6, 6.07) is 11.3. The quantitative estimate of drug-likeness (QED) is 0.349. The molecule has 3 rings (SSSR count). The van der Waals surface area contributed by atoms with Crippen molar-refractivity contribution in [1.82, 2.24) is 15.0 Å². The zero-order valence-electron chi connectivity index (χ0n) is 15.3. The Bertz CT molecular complexity index is 1040. The zero-order chi connectivity index (χ0) is 20.1. The molecule has 0 aliphatic rings. The molecule has 0 aliphatic heterocycles. The molecule has 0 bridgehead atoms. The van der Waals surface area contributed by atoms with Gasteiger partial charge in [0.25, 0.3) is 10.1 Å². The van der Waals surface area contributed by atoms with Gasteiger partial charge in [-0.1, -0.05) is 0 Å². The van der Waals surface area contributed by atoms with Crippen molar-refractivity contribution < 1.29 is 13.0 Å². The predicted molar refractivity (Wildman–Crippen MR) is 108 cm³/mol. The van der Waals surface area contributed by atoms with Crippen molar-refractivity contribution in [3.63, 3.8) is 0 Å². The summed E-state index contributed by atoms with van der Waals surface area (Å²) in [6.45, 7) is 3.98. The Kier molecular flexibility index (Phi) is 5.71. The first kappa shape index (κ1) is 19.5. The van der Waals surface area contributed by atoms with Gasteiger partial charge in [-0.15, -0.1) is 0 Å². The number of nitrogens with zero attached hydrogens (tertiary/aromatic N) is 3. The van der Waals surface area contributed by atoms with Gasteiger partial charge in [0, 0.05) is 30.1 Å². The van der Waals surface area contributed by atoms with Gasteiger partial charge in [0.15, 0.2) is 5.82 Å². The monoisotopic (exact) mass is 400 g/mol. The second-order valence-electron chi connectivity index (χ2n) is 6.25. The van der Waals surface area contributed by atoms with Crippen LogP contribution in [-0.4, -0.2) is 34.0 Å². The van der Waals surface area contributed by atoms with Gasteiger partial charge in [-0.05, 0) is 50.2 Å². The lowest BCUT2D eigenvalue weighted by molar-refractivity contribution is 0.483. The highest BCUT2D eigenvalue weighted by molar-refractivity contribution is 7.85. The molecule has 0 unspecified atom stereocenters. The summed E-state index contributed by atoms with van der Waals surface area (Å²) in [5.41, 5.74) is 8.12. The van der Waals surface area contributed by atoms with Crippen LogP contribution in [-0.2, 0) is 10.1 Å². The first-order chi connectivity index (χ1) is 13.3. The van der Waals surface area contributed by atoms with Gasteiger partial charge < -0.3 is 5.32 Å². The van der Waals surface area contributed by atoms with E-state index < -0.39 is 10.1 Å². The van der Waals surface area contributed by atoms with Crippen molar-refractivity contribution in [2.75, 3.05) is 16.2 Å². The van der Waals surface area contributed by atoms with Gasteiger partial charge in [0.1, 0.15) is 0 Å². The van der Waals surface area contributed by atoms with E-state index >= 15 is 0 Å². The molecule has 0 saturated heterocycles. The fourth-order valence-corrected chi connectivity index (χ4v) is 2.83. The van der Waals surface area contributed by atoms with Crippen LogP contribution in [0.5, 0.6) is 0 Å². The van der Waals surface area contributed by atoms with E-state index in [2.05, 4.69) is 31.1 Å².